The number of rotatable bonds is 1. The summed E-state index contributed by atoms with van der Waals surface area (Å²) in [4.78, 5) is 3.41. The van der Waals surface area contributed by atoms with Crippen LogP contribution in [0.3, 0.4) is 0 Å². The molecule has 1 atom stereocenters. The normalized spacial score (nSPS) is 14.2. The Labute approximate surface area is 80.5 Å². The van der Waals surface area contributed by atoms with E-state index in [1.807, 2.05) is 0 Å². The molecule has 0 aromatic carbocycles. The van der Waals surface area contributed by atoms with Gasteiger partial charge in [0.15, 0.2) is 6.10 Å². The van der Waals surface area contributed by atoms with Gasteiger partial charge in [0, 0.05) is 10.7 Å². The van der Waals surface area contributed by atoms with Crippen LogP contribution in [0.1, 0.15) is 11.8 Å². The van der Waals surface area contributed by atoms with Crippen molar-refractivity contribution in [2.24, 2.45) is 0 Å². The summed E-state index contributed by atoms with van der Waals surface area (Å²) in [6, 6.07) is 2.60. The molecule has 0 bridgehead atoms. The van der Waals surface area contributed by atoms with Crippen molar-refractivity contribution in [3.63, 3.8) is 0 Å². The first-order chi connectivity index (χ1) is 5.91. The zero-order valence-electron chi connectivity index (χ0n) is 6.22. The van der Waals surface area contributed by atoms with Crippen molar-refractivity contribution < 1.29 is 18.3 Å². The molecule has 1 heterocycles. The van der Waals surface area contributed by atoms with Crippen LogP contribution in [-0.4, -0.2) is 16.3 Å². The van der Waals surface area contributed by atoms with E-state index in [1.165, 1.54) is 12.3 Å². The average molecular weight is 256 g/mol. The molecule has 1 aromatic rings. The summed E-state index contributed by atoms with van der Waals surface area (Å²) < 4.78 is 36.3. The van der Waals surface area contributed by atoms with Gasteiger partial charge in [-0.1, -0.05) is 15.9 Å². The van der Waals surface area contributed by atoms with Gasteiger partial charge in [-0.25, -0.2) is 0 Å². The standard InChI is InChI=1S/C7H5BrF3NO/c8-4-1-2-12-5(3-4)6(13)7(9,10)11/h1-3,6,13H/t6-/m1/s1. The molecule has 0 fully saturated rings. The highest BCUT2D eigenvalue weighted by Gasteiger charge is 2.40. The molecule has 6 heteroatoms. The lowest BCUT2D eigenvalue weighted by Gasteiger charge is -2.13. The Hall–Kier alpha value is -0.620. The summed E-state index contributed by atoms with van der Waals surface area (Å²) in [6.45, 7) is 0. The largest absolute Gasteiger partial charge is 0.420 e. The van der Waals surface area contributed by atoms with Crippen LogP contribution in [0.5, 0.6) is 0 Å². The Morgan fingerprint density at radius 2 is 2.08 bits per heavy atom. The summed E-state index contributed by atoms with van der Waals surface area (Å²) in [5, 5.41) is 8.77. The number of hydrogen-bond acceptors (Lipinski definition) is 2. The third-order valence-electron chi connectivity index (χ3n) is 1.33. The van der Waals surface area contributed by atoms with Crippen LogP contribution in [0.2, 0.25) is 0 Å². The van der Waals surface area contributed by atoms with Crippen molar-refractivity contribution in [1.29, 1.82) is 0 Å². The van der Waals surface area contributed by atoms with Gasteiger partial charge in [-0.3, -0.25) is 4.98 Å². The molecule has 0 aliphatic heterocycles. The summed E-state index contributed by atoms with van der Waals surface area (Å²) >= 11 is 2.98. The molecule has 2 nitrogen and oxygen atoms in total. The highest BCUT2D eigenvalue weighted by atomic mass is 79.9. The molecule has 0 unspecified atom stereocenters. The second kappa shape index (κ2) is 3.63. The molecule has 13 heavy (non-hydrogen) atoms. The molecule has 0 saturated carbocycles. The maximum atomic E-state index is 12.0. The Morgan fingerprint density at radius 1 is 1.46 bits per heavy atom. The number of hydrogen-bond donors (Lipinski definition) is 1. The van der Waals surface area contributed by atoms with Crippen LogP contribution < -0.4 is 0 Å². The number of aliphatic hydroxyl groups is 1. The highest BCUT2D eigenvalue weighted by Crippen LogP contribution is 2.31. The number of aromatic nitrogens is 1. The van der Waals surface area contributed by atoms with E-state index in [0.29, 0.717) is 4.47 Å². The molecule has 0 aliphatic carbocycles. The van der Waals surface area contributed by atoms with Gasteiger partial charge in [-0.05, 0) is 12.1 Å². The van der Waals surface area contributed by atoms with Gasteiger partial charge in [0.1, 0.15) is 0 Å². The Bertz CT molecular complexity index is 302. The summed E-state index contributed by atoms with van der Waals surface area (Å²) in [7, 11) is 0. The molecule has 1 aromatic heterocycles. The molecule has 0 spiro atoms. The minimum atomic E-state index is -4.67. The van der Waals surface area contributed by atoms with E-state index < -0.39 is 18.0 Å². The fraction of sp³-hybridized carbons (Fsp3) is 0.286. The third-order valence-corrected chi connectivity index (χ3v) is 1.83. The molecule has 1 rings (SSSR count). The first-order valence-corrected chi connectivity index (χ1v) is 4.07. The lowest BCUT2D eigenvalue weighted by Crippen LogP contribution is -2.21. The van der Waals surface area contributed by atoms with Crippen molar-refractivity contribution >= 4 is 15.9 Å². The predicted octanol–water partition coefficient (Wildman–Crippen LogP) is 2.44. The van der Waals surface area contributed by atoms with E-state index >= 15 is 0 Å². The summed E-state index contributed by atoms with van der Waals surface area (Å²) in [5.41, 5.74) is -0.415. The van der Waals surface area contributed by atoms with Crippen molar-refractivity contribution in [3.05, 3.63) is 28.5 Å². The van der Waals surface area contributed by atoms with Crippen LogP contribution in [-0.2, 0) is 0 Å². The molecule has 0 amide bonds. The van der Waals surface area contributed by atoms with E-state index in [1.54, 1.807) is 0 Å². The van der Waals surface area contributed by atoms with Crippen LogP contribution in [0, 0.1) is 0 Å². The highest BCUT2D eigenvalue weighted by molar-refractivity contribution is 9.10. The summed E-state index contributed by atoms with van der Waals surface area (Å²) in [5.74, 6) is 0. The zero-order chi connectivity index (χ0) is 10.1. The molecular weight excluding hydrogens is 251 g/mol. The Kier molecular flexibility index (Phi) is 2.92. The monoisotopic (exact) mass is 255 g/mol. The Morgan fingerprint density at radius 3 is 2.54 bits per heavy atom. The van der Waals surface area contributed by atoms with Gasteiger partial charge in [0.2, 0.25) is 0 Å². The molecule has 1 N–H and O–H groups in total. The van der Waals surface area contributed by atoms with Gasteiger partial charge in [-0.2, -0.15) is 13.2 Å². The zero-order valence-corrected chi connectivity index (χ0v) is 7.80. The first-order valence-electron chi connectivity index (χ1n) is 3.27. The molecular formula is C7H5BrF3NO. The quantitative estimate of drug-likeness (QED) is 0.837. The lowest BCUT2D eigenvalue weighted by atomic mass is 10.2. The van der Waals surface area contributed by atoms with Crippen LogP contribution in [0.15, 0.2) is 22.8 Å². The van der Waals surface area contributed by atoms with E-state index in [-0.39, 0.29) is 0 Å². The van der Waals surface area contributed by atoms with E-state index in [4.69, 9.17) is 5.11 Å². The maximum absolute atomic E-state index is 12.0. The fourth-order valence-corrected chi connectivity index (χ4v) is 1.09. The second-order valence-electron chi connectivity index (χ2n) is 2.34. The number of aliphatic hydroxyl groups excluding tert-OH is 1. The van der Waals surface area contributed by atoms with Crippen LogP contribution in [0.4, 0.5) is 13.2 Å². The van der Waals surface area contributed by atoms with E-state index in [2.05, 4.69) is 20.9 Å². The molecule has 0 saturated heterocycles. The van der Waals surface area contributed by atoms with Crippen LogP contribution in [0.25, 0.3) is 0 Å². The van der Waals surface area contributed by atoms with Crippen molar-refractivity contribution in [2.75, 3.05) is 0 Å². The third kappa shape index (κ3) is 2.67. The van der Waals surface area contributed by atoms with Gasteiger partial charge in [-0.15, -0.1) is 0 Å². The fourth-order valence-electron chi connectivity index (χ4n) is 0.738. The van der Waals surface area contributed by atoms with Crippen molar-refractivity contribution in [2.45, 2.75) is 12.3 Å². The second-order valence-corrected chi connectivity index (χ2v) is 3.26. The SMILES string of the molecule is O[C@H](c1cc(Br)ccn1)C(F)(F)F. The first kappa shape index (κ1) is 10.5. The topological polar surface area (TPSA) is 33.1 Å². The molecule has 0 aliphatic rings. The lowest BCUT2D eigenvalue weighted by molar-refractivity contribution is -0.207. The number of nitrogens with zero attached hydrogens (tertiary/aromatic N) is 1. The molecule has 0 radical (unpaired) electrons. The van der Waals surface area contributed by atoms with Crippen LogP contribution >= 0.6 is 15.9 Å². The van der Waals surface area contributed by atoms with E-state index in [0.717, 1.165) is 6.07 Å². The van der Waals surface area contributed by atoms with Gasteiger partial charge < -0.3 is 5.11 Å². The minimum Gasteiger partial charge on any atom is -0.378 e. The number of halogens is 4. The van der Waals surface area contributed by atoms with E-state index in [9.17, 15) is 13.2 Å². The number of pyridine rings is 1. The van der Waals surface area contributed by atoms with Gasteiger partial charge in [0.05, 0.1) is 5.69 Å². The molecule has 72 valence electrons. The smallest absolute Gasteiger partial charge is 0.378 e. The predicted molar refractivity (Wildman–Crippen MR) is 43.0 cm³/mol. The maximum Gasteiger partial charge on any atom is 0.420 e. The van der Waals surface area contributed by atoms with Crippen molar-refractivity contribution in [1.82, 2.24) is 4.98 Å². The average Bonchev–Trinajstić information content (AvgIpc) is 2.01. The van der Waals surface area contributed by atoms with Gasteiger partial charge >= 0.3 is 6.18 Å². The Balaban J connectivity index is 2.96. The van der Waals surface area contributed by atoms with Gasteiger partial charge in [0.25, 0.3) is 0 Å². The van der Waals surface area contributed by atoms with Crippen molar-refractivity contribution in [3.8, 4) is 0 Å². The summed E-state index contributed by atoms with van der Waals surface area (Å²) in [6.07, 6.45) is -6.01. The number of alkyl halides is 3. The minimum absolute atomic E-state index is 0.415.